The summed E-state index contributed by atoms with van der Waals surface area (Å²) in [5, 5.41) is 11.4. The van der Waals surface area contributed by atoms with Gasteiger partial charge in [-0.25, -0.2) is 4.79 Å². The zero-order chi connectivity index (χ0) is 13.0. The Morgan fingerprint density at radius 2 is 2.28 bits per heavy atom. The Bertz CT molecular complexity index is 433. The van der Waals surface area contributed by atoms with E-state index in [4.69, 9.17) is 14.3 Å². The van der Waals surface area contributed by atoms with Gasteiger partial charge in [0.1, 0.15) is 5.76 Å². The molecule has 2 rings (SSSR count). The van der Waals surface area contributed by atoms with Crippen LogP contribution in [0.2, 0.25) is 0 Å². The Hall–Kier alpha value is -1.82. The fraction of sp³-hybridized carbons (Fsp3) is 0.500. The van der Waals surface area contributed by atoms with Crippen molar-refractivity contribution >= 4 is 11.9 Å². The predicted octanol–water partition coefficient (Wildman–Crippen LogP) is 1.02. The number of carbonyl (C=O) groups is 2. The van der Waals surface area contributed by atoms with Crippen LogP contribution in [0.15, 0.2) is 16.5 Å². The third kappa shape index (κ3) is 3.33. The number of carboxylic acid groups (broad SMARTS) is 1. The molecule has 18 heavy (non-hydrogen) atoms. The highest BCUT2D eigenvalue weighted by atomic mass is 16.5. The lowest BCUT2D eigenvalue weighted by atomic mass is 10.1. The van der Waals surface area contributed by atoms with Gasteiger partial charge in [-0.1, -0.05) is 0 Å². The SMILES string of the molecule is O=C(C[C@@H]1CCOC1)NCc1ccc(C(=O)O)o1. The van der Waals surface area contributed by atoms with Crippen molar-refractivity contribution in [1.82, 2.24) is 5.32 Å². The van der Waals surface area contributed by atoms with Crippen molar-refractivity contribution in [3.05, 3.63) is 23.7 Å². The van der Waals surface area contributed by atoms with Crippen LogP contribution in [0, 0.1) is 5.92 Å². The van der Waals surface area contributed by atoms with E-state index in [1.807, 2.05) is 0 Å². The molecule has 1 aromatic heterocycles. The van der Waals surface area contributed by atoms with E-state index in [-0.39, 0.29) is 24.1 Å². The predicted molar refractivity (Wildman–Crippen MR) is 61.1 cm³/mol. The van der Waals surface area contributed by atoms with Crippen LogP contribution in [0.1, 0.15) is 29.2 Å². The third-order valence-electron chi connectivity index (χ3n) is 2.83. The summed E-state index contributed by atoms with van der Waals surface area (Å²) in [4.78, 5) is 22.2. The molecule has 0 bridgehead atoms. The first-order valence-electron chi connectivity index (χ1n) is 5.81. The van der Waals surface area contributed by atoms with Crippen molar-refractivity contribution in [2.45, 2.75) is 19.4 Å². The van der Waals surface area contributed by atoms with Gasteiger partial charge in [0, 0.05) is 19.6 Å². The number of hydrogen-bond acceptors (Lipinski definition) is 4. The maximum absolute atomic E-state index is 11.6. The molecule has 0 aliphatic carbocycles. The van der Waals surface area contributed by atoms with E-state index in [9.17, 15) is 9.59 Å². The second kappa shape index (κ2) is 5.68. The first-order chi connectivity index (χ1) is 8.65. The maximum Gasteiger partial charge on any atom is 0.371 e. The highest BCUT2D eigenvalue weighted by Crippen LogP contribution is 2.16. The van der Waals surface area contributed by atoms with Gasteiger partial charge >= 0.3 is 5.97 Å². The first-order valence-corrected chi connectivity index (χ1v) is 5.81. The summed E-state index contributed by atoms with van der Waals surface area (Å²) >= 11 is 0. The molecule has 1 aliphatic rings. The lowest BCUT2D eigenvalue weighted by Crippen LogP contribution is -2.25. The molecule has 2 heterocycles. The Morgan fingerprint density at radius 1 is 1.44 bits per heavy atom. The lowest BCUT2D eigenvalue weighted by molar-refractivity contribution is -0.122. The summed E-state index contributed by atoms with van der Waals surface area (Å²) in [5.74, 6) is -0.586. The molecular formula is C12H15NO5. The average molecular weight is 253 g/mol. The van der Waals surface area contributed by atoms with Crippen LogP contribution in [-0.4, -0.2) is 30.2 Å². The number of ether oxygens (including phenoxy) is 1. The summed E-state index contributed by atoms with van der Waals surface area (Å²) < 4.78 is 10.2. The van der Waals surface area contributed by atoms with E-state index in [0.29, 0.717) is 18.8 Å². The Labute approximate surface area is 104 Å². The number of hydrogen-bond donors (Lipinski definition) is 2. The van der Waals surface area contributed by atoms with E-state index in [2.05, 4.69) is 5.32 Å². The summed E-state index contributed by atoms with van der Waals surface area (Å²) in [6, 6.07) is 2.91. The Balaban J connectivity index is 1.76. The number of rotatable bonds is 5. The topological polar surface area (TPSA) is 88.8 Å². The number of aromatic carboxylic acids is 1. The first kappa shape index (κ1) is 12.6. The van der Waals surface area contributed by atoms with Gasteiger partial charge in [0.25, 0.3) is 0 Å². The normalized spacial score (nSPS) is 18.8. The van der Waals surface area contributed by atoms with Crippen molar-refractivity contribution in [2.75, 3.05) is 13.2 Å². The minimum absolute atomic E-state index is 0.0706. The van der Waals surface area contributed by atoms with Crippen molar-refractivity contribution in [3.8, 4) is 0 Å². The molecule has 0 radical (unpaired) electrons. The molecule has 0 spiro atoms. The van der Waals surface area contributed by atoms with Crippen molar-refractivity contribution < 1.29 is 23.8 Å². The molecule has 6 heteroatoms. The van der Waals surface area contributed by atoms with E-state index in [0.717, 1.165) is 13.0 Å². The molecule has 1 fully saturated rings. The fourth-order valence-corrected chi connectivity index (χ4v) is 1.85. The van der Waals surface area contributed by atoms with Crippen LogP contribution < -0.4 is 5.32 Å². The Kier molecular flexibility index (Phi) is 3.99. The van der Waals surface area contributed by atoms with Crippen molar-refractivity contribution in [1.29, 1.82) is 0 Å². The van der Waals surface area contributed by atoms with Crippen LogP contribution in [0.25, 0.3) is 0 Å². The van der Waals surface area contributed by atoms with Crippen LogP contribution in [-0.2, 0) is 16.1 Å². The fourth-order valence-electron chi connectivity index (χ4n) is 1.85. The molecule has 0 saturated carbocycles. The van der Waals surface area contributed by atoms with Crippen LogP contribution in [0.5, 0.6) is 0 Å². The summed E-state index contributed by atoms with van der Waals surface area (Å²) in [6.45, 7) is 1.56. The molecule has 1 aliphatic heterocycles. The molecule has 1 saturated heterocycles. The minimum atomic E-state index is -1.12. The van der Waals surface area contributed by atoms with Gasteiger partial charge in [-0.2, -0.15) is 0 Å². The molecule has 1 aromatic rings. The van der Waals surface area contributed by atoms with Gasteiger partial charge in [-0.15, -0.1) is 0 Å². The zero-order valence-corrected chi connectivity index (χ0v) is 9.85. The zero-order valence-electron chi connectivity index (χ0n) is 9.85. The highest BCUT2D eigenvalue weighted by molar-refractivity contribution is 5.84. The van der Waals surface area contributed by atoms with E-state index in [1.54, 1.807) is 6.07 Å². The second-order valence-corrected chi connectivity index (χ2v) is 4.28. The molecule has 0 unspecified atom stereocenters. The smallest absolute Gasteiger partial charge is 0.371 e. The second-order valence-electron chi connectivity index (χ2n) is 4.28. The minimum Gasteiger partial charge on any atom is -0.475 e. The van der Waals surface area contributed by atoms with E-state index < -0.39 is 5.97 Å². The molecular weight excluding hydrogens is 238 g/mol. The Morgan fingerprint density at radius 3 is 2.89 bits per heavy atom. The van der Waals surface area contributed by atoms with E-state index in [1.165, 1.54) is 6.07 Å². The van der Waals surface area contributed by atoms with Gasteiger partial charge in [0.2, 0.25) is 11.7 Å². The monoisotopic (exact) mass is 253 g/mol. The summed E-state index contributed by atoms with van der Waals surface area (Å²) in [5.41, 5.74) is 0. The van der Waals surface area contributed by atoms with Crippen LogP contribution in [0.3, 0.4) is 0 Å². The average Bonchev–Trinajstić information content (AvgIpc) is 2.96. The van der Waals surface area contributed by atoms with E-state index >= 15 is 0 Å². The van der Waals surface area contributed by atoms with Gasteiger partial charge < -0.3 is 19.6 Å². The van der Waals surface area contributed by atoms with Crippen molar-refractivity contribution in [2.24, 2.45) is 5.92 Å². The molecule has 1 atom stereocenters. The van der Waals surface area contributed by atoms with Gasteiger partial charge in [-0.05, 0) is 24.5 Å². The maximum atomic E-state index is 11.6. The van der Waals surface area contributed by atoms with Crippen molar-refractivity contribution in [3.63, 3.8) is 0 Å². The number of carboxylic acids is 1. The number of furan rings is 1. The largest absolute Gasteiger partial charge is 0.475 e. The quantitative estimate of drug-likeness (QED) is 0.817. The summed E-state index contributed by atoms with van der Waals surface area (Å²) in [7, 11) is 0. The lowest BCUT2D eigenvalue weighted by Gasteiger charge is -2.07. The molecule has 6 nitrogen and oxygen atoms in total. The number of nitrogens with one attached hydrogen (secondary N) is 1. The van der Waals surface area contributed by atoms with Gasteiger partial charge in [-0.3, -0.25) is 4.79 Å². The van der Waals surface area contributed by atoms with Gasteiger partial charge in [0.15, 0.2) is 0 Å². The standard InChI is InChI=1S/C12H15NO5/c14-11(5-8-3-4-17-7-8)13-6-9-1-2-10(18-9)12(15)16/h1-2,8H,3-7H2,(H,13,14)(H,15,16)/t8-/m0/s1. The molecule has 2 N–H and O–H groups in total. The summed E-state index contributed by atoms with van der Waals surface area (Å²) in [6.07, 6.45) is 1.35. The molecule has 0 aromatic carbocycles. The molecule has 98 valence electrons. The van der Waals surface area contributed by atoms with Crippen LogP contribution in [0.4, 0.5) is 0 Å². The van der Waals surface area contributed by atoms with Gasteiger partial charge in [0.05, 0.1) is 6.54 Å². The van der Waals surface area contributed by atoms with Crippen LogP contribution >= 0.6 is 0 Å². The third-order valence-corrected chi connectivity index (χ3v) is 2.83. The molecule has 1 amide bonds. The number of carbonyl (C=O) groups excluding carboxylic acids is 1. The highest BCUT2D eigenvalue weighted by Gasteiger charge is 2.19. The number of amides is 1.